The van der Waals surface area contributed by atoms with Crippen molar-refractivity contribution in [1.29, 1.82) is 0 Å². The Balaban J connectivity index is 1.50. The number of ether oxygens (including phenoxy) is 3. The van der Waals surface area contributed by atoms with Crippen LogP contribution in [0.2, 0.25) is 5.02 Å². The van der Waals surface area contributed by atoms with Gasteiger partial charge in [-0.1, -0.05) is 11.6 Å². The fourth-order valence-corrected chi connectivity index (χ4v) is 4.53. The second-order valence-electron chi connectivity index (χ2n) is 7.85. The molecule has 2 heterocycles. The van der Waals surface area contributed by atoms with Gasteiger partial charge in [0.05, 0.1) is 26.2 Å². The number of hydrogen-bond acceptors (Lipinski definition) is 5. The lowest BCUT2D eigenvalue weighted by Crippen LogP contribution is -2.52. The molecule has 1 fully saturated rings. The van der Waals surface area contributed by atoms with Crippen molar-refractivity contribution in [3.63, 3.8) is 0 Å². The number of rotatable bonds is 3. The molecule has 30 heavy (non-hydrogen) atoms. The first kappa shape index (κ1) is 20.5. The van der Waals surface area contributed by atoms with Gasteiger partial charge in [-0.25, -0.2) is 0 Å². The fraction of sp³-hybridized carbons (Fsp3) is 0.391. The SMILES string of the molecule is COc1ccc(C(=O)N2CCC3(CC2)CC(=O)c2cc(Cl)cc(C)c2O3)cc1OC. The van der Waals surface area contributed by atoms with Crippen LogP contribution < -0.4 is 14.2 Å². The number of likely N-dealkylation sites (tertiary alicyclic amines) is 1. The second-order valence-corrected chi connectivity index (χ2v) is 8.28. The molecule has 2 aliphatic rings. The molecule has 7 heteroatoms. The minimum atomic E-state index is -0.572. The zero-order chi connectivity index (χ0) is 21.5. The van der Waals surface area contributed by atoms with E-state index in [9.17, 15) is 9.59 Å². The number of hydrogen-bond donors (Lipinski definition) is 0. The topological polar surface area (TPSA) is 65.1 Å². The van der Waals surface area contributed by atoms with Gasteiger partial charge >= 0.3 is 0 Å². The number of halogens is 1. The van der Waals surface area contributed by atoms with E-state index in [0.29, 0.717) is 65.8 Å². The minimum absolute atomic E-state index is 0.0431. The quantitative estimate of drug-likeness (QED) is 0.727. The van der Waals surface area contributed by atoms with Crippen molar-refractivity contribution in [3.05, 3.63) is 52.0 Å². The van der Waals surface area contributed by atoms with E-state index in [4.69, 9.17) is 25.8 Å². The van der Waals surface area contributed by atoms with Crippen LogP contribution >= 0.6 is 11.6 Å². The van der Waals surface area contributed by atoms with Gasteiger partial charge in [0.25, 0.3) is 5.91 Å². The van der Waals surface area contributed by atoms with Gasteiger partial charge in [-0.2, -0.15) is 0 Å². The number of amides is 1. The number of methoxy groups -OCH3 is 2. The first-order valence-electron chi connectivity index (χ1n) is 9.89. The van der Waals surface area contributed by atoms with Crippen molar-refractivity contribution in [2.24, 2.45) is 0 Å². The van der Waals surface area contributed by atoms with E-state index >= 15 is 0 Å². The lowest BCUT2D eigenvalue weighted by Gasteiger charge is -2.44. The van der Waals surface area contributed by atoms with E-state index in [1.807, 2.05) is 13.0 Å². The summed E-state index contributed by atoms with van der Waals surface area (Å²) in [6.45, 7) is 2.93. The third-order valence-electron chi connectivity index (χ3n) is 5.93. The lowest BCUT2D eigenvalue weighted by atomic mass is 9.82. The molecule has 2 aliphatic heterocycles. The smallest absolute Gasteiger partial charge is 0.253 e. The normalized spacial score (nSPS) is 17.3. The third kappa shape index (κ3) is 3.60. The summed E-state index contributed by atoms with van der Waals surface area (Å²) in [4.78, 5) is 27.6. The van der Waals surface area contributed by atoms with Gasteiger partial charge in [-0.15, -0.1) is 0 Å². The predicted molar refractivity (Wildman–Crippen MR) is 113 cm³/mol. The molecule has 2 aromatic rings. The molecule has 158 valence electrons. The van der Waals surface area contributed by atoms with Crippen LogP contribution in [-0.4, -0.2) is 49.5 Å². The average Bonchev–Trinajstić information content (AvgIpc) is 2.74. The Morgan fingerprint density at radius 1 is 1.10 bits per heavy atom. The van der Waals surface area contributed by atoms with Gasteiger partial charge in [0.2, 0.25) is 0 Å². The standard InChI is InChI=1S/C23H24ClNO5/c1-14-10-16(24)12-17-18(26)13-23(30-21(14)17)6-8-25(9-7-23)22(27)15-4-5-19(28-2)20(11-15)29-3/h4-5,10-12H,6-9,13H2,1-3H3. The third-order valence-corrected chi connectivity index (χ3v) is 6.15. The van der Waals surface area contributed by atoms with Gasteiger partial charge in [0.1, 0.15) is 11.4 Å². The summed E-state index contributed by atoms with van der Waals surface area (Å²) in [5.74, 6) is 1.69. The van der Waals surface area contributed by atoms with Gasteiger partial charge in [0.15, 0.2) is 17.3 Å². The zero-order valence-electron chi connectivity index (χ0n) is 17.3. The van der Waals surface area contributed by atoms with Crippen molar-refractivity contribution >= 4 is 23.3 Å². The first-order valence-corrected chi connectivity index (χ1v) is 10.3. The first-order chi connectivity index (χ1) is 14.4. The van der Waals surface area contributed by atoms with E-state index in [1.54, 1.807) is 43.4 Å². The highest BCUT2D eigenvalue weighted by molar-refractivity contribution is 6.31. The van der Waals surface area contributed by atoms with Crippen molar-refractivity contribution in [2.75, 3.05) is 27.3 Å². The molecule has 0 aromatic heterocycles. The maximum Gasteiger partial charge on any atom is 0.253 e. The molecule has 6 nitrogen and oxygen atoms in total. The minimum Gasteiger partial charge on any atom is -0.493 e. The Morgan fingerprint density at radius 2 is 1.80 bits per heavy atom. The number of ketones is 1. The van der Waals surface area contributed by atoms with Crippen molar-refractivity contribution in [2.45, 2.75) is 31.8 Å². The van der Waals surface area contributed by atoms with Crippen LogP contribution in [0.3, 0.4) is 0 Å². The van der Waals surface area contributed by atoms with Crippen molar-refractivity contribution in [3.8, 4) is 17.2 Å². The van der Waals surface area contributed by atoms with E-state index in [-0.39, 0.29) is 11.7 Å². The van der Waals surface area contributed by atoms with E-state index < -0.39 is 5.60 Å². The fourth-order valence-electron chi connectivity index (χ4n) is 4.26. The second kappa shape index (κ2) is 7.84. The monoisotopic (exact) mass is 429 g/mol. The summed E-state index contributed by atoms with van der Waals surface area (Å²) in [5.41, 5.74) is 1.38. The summed E-state index contributed by atoms with van der Waals surface area (Å²) < 4.78 is 16.9. The Kier molecular flexibility index (Phi) is 5.36. The molecule has 1 saturated heterocycles. The number of aryl methyl sites for hydroxylation is 1. The molecule has 1 spiro atoms. The molecular formula is C23H24ClNO5. The molecule has 0 radical (unpaired) electrons. The van der Waals surface area contributed by atoms with Gasteiger partial charge in [0, 0.05) is 36.5 Å². The molecule has 0 saturated carbocycles. The average molecular weight is 430 g/mol. The molecule has 0 aliphatic carbocycles. The number of fused-ring (bicyclic) bond motifs is 1. The molecule has 4 rings (SSSR count). The summed E-state index contributed by atoms with van der Waals surface area (Å²) in [6.07, 6.45) is 1.50. The van der Waals surface area contributed by atoms with Crippen molar-refractivity contribution in [1.82, 2.24) is 4.90 Å². The number of nitrogens with zero attached hydrogens (tertiary/aromatic N) is 1. The Hall–Kier alpha value is -2.73. The van der Waals surface area contributed by atoms with Crippen LogP contribution in [0.1, 0.15) is 45.5 Å². The van der Waals surface area contributed by atoms with Crippen molar-refractivity contribution < 1.29 is 23.8 Å². The highest BCUT2D eigenvalue weighted by Gasteiger charge is 2.44. The molecule has 0 bridgehead atoms. The van der Waals surface area contributed by atoms with Crippen LogP contribution in [0.5, 0.6) is 17.2 Å². The highest BCUT2D eigenvalue weighted by atomic mass is 35.5. The van der Waals surface area contributed by atoms with Crippen LogP contribution in [0.15, 0.2) is 30.3 Å². The van der Waals surface area contributed by atoms with E-state index in [0.717, 1.165) is 5.56 Å². The molecule has 2 aromatic carbocycles. The van der Waals surface area contributed by atoms with Crippen LogP contribution in [-0.2, 0) is 0 Å². The number of Topliss-reactive ketones (excluding diaryl/α,β-unsaturated/α-hetero) is 1. The van der Waals surface area contributed by atoms with Gasteiger partial charge < -0.3 is 19.1 Å². The number of benzene rings is 2. The summed E-state index contributed by atoms with van der Waals surface area (Å²) in [7, 11) is 3.10. The summed E-state index contributed by atoms with van der Waals surface area (Å²) in [6, 6.07) is 8.63. The maximum absolute atomic E-state index is 13.0. The maximum atomic E-state index is 13.0. The predicted octanol–water partition coefficient (Wildman–Crippen LogP) is 4.31. The Labute approximate surface area is 180 Å². The van der Waals surface area contributed by atoms with Crippen LogP contribution in [0.25, 0.3) is 0 Å². The molecule has 0 atom stereocenters. The van der Waals surface area contributed by atoms with Crippen LogP contribution in [0.4, 0.5) is 0 Å². The van der Waals surface area contributed by atoms with E-state index in [1.165, 1.54) is 0 Å². The molecule has 0 unspecified atom stereocenters. The van der Waals surface area contributed by atoms with Gasteiger partial charge in [-0.3, -0.25) is 9.59 Å². The number of carbonyl (C=O) groups is 2. The largest absolute Gasteiger partial charge is 0.493 e. The van der Waals surface area contributed by atoms with Crippen LogP contribution in [0, 0.1) is 6.92 Å². The Morgan fingerprint density at radius 3 is 2.47 bits per heavy atom. The number of piperidine rings is 1. The highest BCUT2D eigenvalue weighted by Crippen LogP contribution is 2.42. The van der Waals surface area contributed by atoms with E-state index in [2.05, 4.69) is 0 Å². The molecule has 1 amide bonds. The molecular weight excluding hydrogens is 406 g/mol. The molecule has 0 N–H and O–H groups in total. The Bertz CT molecular complexity index is 1010. The van der Waals surface area contributed by atoms with Gasteiger partial charge in [-0.05, 0) is 42.8 Å². The summed E-state index contributed by atoms with van der Waals surface area (Å²) >= 11 is 6.11. The summed E-state index contributed by atoms with van der Waals surface area (Å²) in [5, 5.41) is 0.537. The lowest BCUT2D eigenvalue weighted by molar-refractivity contribution is -0.00617. The number of carbonyl (C=O) groups excluding carboxylic acids is 2. The zero-order valence-corrected chi connectivity index (χ0v) is 18.0.